The van der Waals surface area contributed by atoms with Crippen LogP contribution in [0.2, 0.25) is 0 Å². The van der Waals surface area contributed by atoms with Crippen LogP contribution in [0.25, 0.3) is 0 Å². The lowest BCUT2D eigenvalue weighted by atomic mass is 9.76. The fourth-order valence-electron chi connectivity index (χ4n) is 3.40. The standard InChI is InChI=1S/C14H18O/c1-14(2)12-8-5-7-10(12)11-6-3-4-9-13(11)15-14/h3-4,6,9-10,12H,5,7-8H2,1-2H3/t10-,12-/m1/s1. The predicted octanol–water partition coefficient (Wildman–Crippen LogP) is 3.74. The molecule has 1 heteroatoms. The Morgan fingerprint density at radius 3 is 2.87 bits per heavy atom. The van der Waals surface area contributed by atoms with Crippen LogP contribution in [0.3, 0.4) is 0 Å². The molecule has 1 aliphatic carbocycles. The van der Waals surface area contributed by atoms with Gasteiger partial charge in [0.2, 0.25) is 0 Å². The summed E-state index contributed by atoms with van der Waals surface area (Å²) in [4.78, 5) is 0. The summed E-state index contributed by atoms with van der Waals surface area (Å²) >= 11 is 0. The molecule has 3 rings (SSSR count). The average molecular weight is 202 g/mol. The molecule has 1 heterocycles. The van der Waals surface area contributed by atoms with Crippen molar-refractivity contribution in [3.8, 4) is 5.75 Å². The summed E-state index contributed by atoms with van der Waals surface area (Å²) < 4.78 is 6.13. The van der Waals surface area contributed by atoms with Gasteiger partial charge in [-0.25, -0.2) is 0 Å². The maximum absolute atomic E-state index is 6.13. The third kappa shape index (κ3) is 1.29. The van der Waals surface area contributed by atoms with E-state index in [-0.39, 0.29) is 5.60 Å². The van der Waals surface area contributed by atoms with Crippen LogP contribution in [0, 0.1) is 5.92 Å². The molecule has 0 unspecified atom stereocenters. The molecule has 0 radical (unpaired) electrons. The van der Waals surface area contributed by atoms with Gasteiger partial charge in [0.25, 0.3) is 0 Å². The highest BCUT2D eigenvalue weighted by atomic mass is 16.5. The molecule has 1 fully saturated rings. The van der Waals surface area contributed by atoms with Crippen LogP contribution < -0.4 is 4.74 Å². The SMILES string of the molecule is CC1(C)Oc2ccccc2[C@H]2CCC[C@H]21. The number of benzene rings is 1. The Morgan fingerprint density at radius 2 is 2.00 bits per heavy atom. The van der Waals surface area contributed by atoms with Crippen molar-refractivity contribution in [2.45, 2.75) is 44.6 Å². The van der Waals surface area contributed by atoms with E-state index in [1.165, 1.54) is 24.8 Å². The van der Waals surface area contributed by atoms with E-state index in [1.807, 2.05) is 0 Å². The fraction of sp³-hybridized carbons (Fsp3) is 0.571. The van der Waals surface area contributed by atoms with Crippen molar-refractivity contribution in [3.05, 3.63) is 29.8 Å². The monoisotopic (exact) mass is 202 g/mol. The van der Waals surface area contributed by atoms with Gasteiger partial charge in [0, 0.05) is 5.92 Å². The molecule has 0 aromatic heterocycles. The molecule has 1 saturated carbocycles. The highest BCUT2D eigenvalue weighted by Gasteiger charge is 2.45. The van der Waals surface area contributed by atoms with Gasteiger partial charge in [-0.3, -0.25) is 0 Å². The minimum Gasteiger partial charge on any atom is -0.487 e. The molecular formula is C14H18O. The molecule has 80 valence electrons. The van der Waals surface area contributed by atoms with E-state index in [4.69, 9.17) is 4.74 Å². The highest BCUT2D eigenvalue weighted by molar-refractivity contribution is 5.40. The Morgan fingerprint density at radius 1 is 1.20 bits per heavy atom. The third-order valence-electron chi connectivity index (χ3n) is 4.10. The summed E-state index contributed by atoms with van der Waals surface area (Å²) in [6.07, 6.45) is 4.02. The summed E-state index contributed by atoms with van der Waals surface area (Å²) in [5.41, 5.74) is 1.47. The molecule has 0 spiro atoms. The van der Waals surface area contributed by atoms with Gasteiger partial charge in [-0.1, -0.05) is 24.6 Å². The van der Waals surface area contributed by atoms with Gasteiger partial charge < -0.3 is 4.74 Å². The Balaban J connectivity index is 2.11. The molecule has 1 nitrogen and oxygen atoms in total. The fourth-order valence-corrected chi connectivity index (χ4v) is 3.40. The zero-order valence-corrected chi connectivity index (χ0v) is 9.49. The van der Waals surface area contributed by atoms with E-state index in [1.54, 1.807) is 0 Å². The molecule has 1 aromatic rings. The van der Waals surface area contributed by atoms with Crippen molar-refractivity contribution >= 4 is 0 Å². The number of hydrogen-bond donors (Lipinski definition) is 0. The third-order valence-corrected chi connectivity index (χ3v) is 4.10. The van der Waals surface area contributed by atoms with E-state index < -0.39 is 0 Å². The Hall–Kier alpha value is -0.980. The van der Waals surface area contributed by atoms with Gasteiger partial charge in [-0.05, 0) is 44.2 Å². The maximum atomic E-state index is 6.13. The first-order chi connectivity index (χ1) is 7.18. The lowest BCUT2D eigenvalue weighted by Gasteiger charge is -2.42. The number of ether oxygens (including phenoxy) is 1. The summed E-state index contributed by atoms with van der Waals surface area (Å²) in [5, 5.41) is 0. The van der Waals surface area contributed by atoms with Crippen LogP contribution in [0.15, 0.2) is 24.3 Å². The van der Waals surface area contributed by atoms with Crippen LogP contribution in [-0.2, 0) is 0 Å². The van der Waals surface area contributed by atoms with Crippen LogP contribution in [0.1, 0.15) is 44.6 Å². The van der Waals surface area contributed by atoms with Crippen LogP contribution in [0.5, 0.6) is 5.75 Å². The Kier molecular flexibility index (Phi) is 1.86. The quantitative estimate of drug-likeness (QED) is 0.622. The number of hydrogen-bond acceptors (Lipinski definition) is 1. The molecule has 0 bridgehead atoms. The van der Waals surface area contributed by atoms with E-state index >= 15 is 0 Å². The van der Waals surface area contributed by atoms with Crippen molar-refractivity contribution in [2.75, 3.05) is 0 Å². The first-order valence-electron chi connectivity index (χ1n) is 5.96. The summed E-state index contributed by atoms with van der Waals surface area (Å²) in [7, 11) is 0. The Bertz CT molecular complexity index is 381. The molecule has 2 atom stereocenters. The summed E-state index contributed by atoms with van der Waals surface area (Å²) in [6.45, 7) is 4.48. The van der Waals surface area contributed by atoms with Crippen molar-refractivity contribution in [3.63, 3.8) is 0 Å². The van der Waals surface area contributed by atoms with Gasteiger partial charge in [-0.2, -0.15) is 0 Å². The van der Waals surface area contributed by atoms with E-state index in [9.17, 15) is 0 Å². The molecule has 2 aliphatic rings. The number of para-hydroxylation sites is 1. The van der Waals surface area contributed by atoms with Crippen molar-refractivity contribution in [1.82, 2.24) is 0 Å². The second kappa shape index (κ2) is 3.01. The van der Waals surface area contributed by atoms with Crippen molar-refractivity contribution < 1.29 is 4.74 Å². The molecule has 1 aromatic carbocycles. The molecule has 0 N–H and O–H groups in total. The highest BCUT2D eigenvalue weighted by Crippen LogP contribution is 2.52. The zero-order valence-electron chi connectivity index (χ0n) is 9.49. The molecule has 0 saturated heterocycles. The smallest absolute Gasteiger partial charge is 0.123 e. The normalized spacial score (nSPS) is 31.6. The second-order valence-corrected chi connectivity index (χ2v) is 5.39. The van der Waals surface area contributed by atoms with Crippen LogP contribution in [0.4, 0.5) is 0 Å². The van der Waals surface area contributed by atoms with Crippen molar-refractivity contribution in [2.24, 2.45) is 5.92 Å². The van der Waals surface area contributed by atoms with Gasteiger partial charge >= 0.3 is 0 Å². The minimum atomic E-state index is 0.0233. The first kappa shape index (κ1) is 9.26. The largest absolute Gasteiger partial charge is 0.487 e. The average Bonchev–Trinajstić information content (AvgIpc) is 2.66. The topological polar surface area (TPSA) is 9.23 Å². The molecule has 0 amide bonds. The minimum absolute atomic E-state index is 0.0233. The molecule has 1 aliphatic heterocycles. The maximum Gasteiger partial charge on any atom is 0.123 e. The summed E-state index contributed by atoms with van der Waals surface area (Å²) in [5.74, 6) is 2.57. The van der Waals surface area contributed by atoms with Crippen LogP contribution in [-0.4, -0.2) is 5.60 Å². The van der Waals surface area contributed by atoms with E-state index in [0.717, 1.165) is 11.7 Å². The molecule has 15 heavy (non-hydrogen) atoms. The van der Waals surface area contributed by atoms with Gasteiger partial charge in [-0.15, -0.1) is 0 Å². The van der Waals surface area contributed by atoms with E-state index in [0.29, 0.717) is 5.92 Å². The van der Waals surface area contributed by atoms with Gasteiger partial charge in [0.15, 0.2) is 0 Å². The number of fused-ring (bicyclic) bond motifs is 3. The van der Waals surface area contributed by atoms with Gasteiger partial charge in [0.1, 0.15) is 11.4 Å². The molecular weight excluding hydrogens is 184 g/mol. The van der Waals surface area contributed by atoms with Crippen molar-refractivity contribution in [1.29, 1.82) is 0 Å². The summed E-state index contributed by atoms with van der Waals surface area (Å²) in [6, 6.07) is 8.57. The first-order valence-corrected chi connectivity index (χ1v) is 5.96. The lowest BCUT2D eigenvalue weighted by molar-refractivity contribution is 0.0202. The van der Waals surface area contributed by atoms with Crippen LogP contribution >= 0.6 is 0 Å². The zero-order chi connectivity index (χ0) is 10.5. The lowest BCUT2D eigenvalue weighted by Crippen LogP contribution is -2.42. The second-order valence-electron chi connectivity index (χ2n) is 5.39. The van der Waals surface area contributed by atoms with E-state index in [2.05, 4.69) is 38.1 Å². The van der Waals surface area contributed by atoms with Gasteiger partial charge in [0.05, 0.1) is 0 Å². The predicted molar refractivity (Wildman–Crippen MR) is 61.2 cm³/mol. The Labute approximate surface area is 91.5 Å². The number of rotatable bonds is 0.